The monoisotopic (exact) mass is 246 g/mol. The predicted octanol–water partition coefficient (Wildman–Crippen LogP) is 2.68. The first-order valence-electron chi connectivity index (χ1n) is 5.13. The van der Waals surface area contributed by atoms with Crippen molar-refractivity contribution in [3.8, 4) is 5.75 Å². The van der Waals surface area contributed by atoms with Crippen LogP contribution in [0.25, 0.3) is 10.8 Å². The molecule has 0 aliphatic carbocycles. The highest BCUT2D eigenvalue weighted by atomic mass is 16.7. The van der Waals surface area contributed by atoms with Crippen molar-refractivity contribution in [3.63, 3.8) is 0 Å². The summed E-state index contributed by atoms with van der Waals surface area (Å²) < 4.78 is 9.25. The molecule has 0 spiro atoms. The van der Waals surface area contributed by atoms with Crippen LogP contribution in [0.15, 0.2) is 36.4 Å². The van der Waals surface area contributed by atoms with E-state index in [1.807, 2.05) is 0 Å². The molecule has 2 aromatic rings. The molecule has 0 bridgehead atoms. The topological polar surface area (TPSA) is 72.8 Å². The van der Waals surface area contributed by atoms with Gasteiger partial charge in [-0.1, -0.05) is 12.1 Å². The number of methoxy groups -OCH3 is 1. The number of hydrogen-bond donors (Lipinski definition) is 1. The quantitative estimate of drug-likeness (QED) is 0.651. The number of carboxylic acid groups (broad SMARTS) is 1. The molecular formula is C13H10O5. The lowest BCUT2D eigenvalue weighted by Gasteiger charge is -2.04. The molecule has 92 valence electrons. The maximum Gasteiger partial charge on any atom is 0.513 e. The zero-order valence-electron chi connectivity index (χ0n) is 9.54. The Morgan fingerprint density at radius 3 is 2.39 bits per heavy atom. The third kappa shape index (κ3) is 2.40. The van der Waals surface area contributed by atoms with Gasteiger partial charge >= 0.3 is 12.1 Å². The Hall–Kier alpha value is -2.56. The highest BCUT2D eigenvalue weighted by molar-refractivity contribution is 5.94. The van der Waals surface area contributed by atoms with Crippen molar-refractivity contribution in [2.75, 3.05) is 7.11 Å². The highest BCUT2D eigenvalue weighted by Gasteiger charge is 2.06. The largest absolute Gasteiger partial charge is 0.513 e. The molecular weight excluding hydrogens is 236 g/mol. The third-order valence-corrected chi connectivity index (χ3v) is 2.43. The summed E-state index contributed by atoms with van der Waals surface area (Å²) in [5.74, 6) is -0.635. The first-order chi connectivity index (χ1) is 8.60. The molecule has 0 unspecified atom stereocenters. The number of fused-ring (bicyclic) bond motifs is 1. The van der Waals surface area contributed by atoms with Crippen molar-refractivity contribution >= 4 is 22.9 Å². The Bertz CT molecular complexity index is 618. The minimum Gasteiger partial charge on any atom is -0.478 e. The predicted molar refractivity (Wildman–Crippen MR) is 63.9 cm³/mol. The summed E-state index contributed by atoms with van der Waals surface area (Å²) in [4.78, 5) is 21.7. The first-order valence-corrected chi connectivity index (χ1v) is 5.13. The lowest BCUT2D eigenvalue weighted by Crippen LogP contribution is -2.07. The number of carbonyl (C=O) groups excluding carboxylic acids is 1. The van der Waals surface area contributed by atoms with E-state index in [1.54, 1.807) is 30.3 Å². The van der Waals surface area contributed by atoms with Gasteiger partial charge in [0.25, 0.3) is 0 Å². The molecule has 5 nitrogen and oxygen atoms in total. The van der Waals surface area contributed by atoms with Crippen molar-refractivity contribution in [3.05, 3.63) is 42.0 Å². The summed E-state index contributed by atoms with van der Waals surface area (Å²) >= 11 is 0. The molecule has 0 amide bonds. The smallest absolute Gasteiger partial charge is 0.478 e. The fourth-order valence-electron chi connectivity index (χ4n) is 1.56. The van der Waals surface area contributed by atoms with Gasteiger partial charge in [-0.2, -0.15) is 0 Å². The minimum atomic E-state index is -0.980. The number of carbonyl (C=O) groups is 2. The summed E-state index contributed by atoms with van der Waals surface area (Å²) in [6.45, 7) is 0. The van der Waals surface area contributed by atoms with Crippen molar-refractivity contribution < 1.29 is 24.2 Å². The number of hydrogen-bond acceptors (Lipinski definition) is 4. The normalized spacial score (nSPS) is 10.1. The number of rotatable bonds is 2. The van der Waals surface area contributed by atoms with Crippen LogP contribution in [0.3, 0.4) is 0 Å². The summed E-state index contributed by atoms with van der Waals surface area (Å²) in [5.41, 5.74) is 0.212. The van der Waals surface area contributed by atoms with Gasteiger partial charge in [0.05, 0.1) is 12.7 Å². The van der Waals surface area contributed by atoms with Crippen LogP contribution in [0.2, 0.25) is 0 Å². The molecule has 0 aromatic heterocycles. The van der Waals surface area contributed by atoms with Crippen LogP contribution < -0.4 is 4.74 Å². The molecule has 0 heterocycles. The second kappa shape index (κ2) is 4.75. The molecule has 0 aliphatic rings. The fourth-order valence-corrected chi connectivity index (χ4v) is 1.56. The van der Waals surface area contributed by atoms with E-state index >= 15 is 0 Å². The molecule has 0 fully saturated rings. The number of carboxylic acids is 1. The SMILES string of the molecule is COC(=O)Oc1ccc2cc(C(=O)O)ccc2c1. The molecule has 2 aromatic carbocycles. The van der Waals surface area contributed by atoms with Crippen molar-refractivity contribution in [1.29, 1.82) is 0 Å². The lowest BCUT2D eigenvalue weighted by atomic mass is 10.1. The number of ether oxygens (including phenoxy) is 2. The van der Waals surface area contributed by atoms with Gasteiger partial charge in [0.1, 0.15) is 5.75 Å². The molecule has 1 N–H and O–H groups in total. The van der Waals surface area contributed by atoms with E-state index in [0.29, 0.717) is 5.75 Å². The van der Waals surface area contributed by atoms with Crippen LogP contribution in [0.1, 0.15) is 10.4 Å². The van der Waals surface area contributed by atoms with E-state index in [0.717, 1.165) is 10.8 Å². The van der Waals surface area contributed by atoms with Gasteiger partial charge in [0.15, 0.2) is 0 Å². The maximum atomic E-state index is 10.9. The van der Waals surface area contributed by atoms with Crippen molar-refractivity contribution in [2.24, 2.45) is 0 Å². The summed E-state index contributed by atoms with van der Waals surface area (Å²) in [6, 6.07) is 9.60. The second-order valence-electron chi connectivity index (χ2n) is 3.59. The van der Waals surface area contributed by atoms with Crippen LogP contribution in [-0.2, 0) is 4.74 Å². The van der Waals surface area contributed by atoms with Crippen LogP contribution in [0, 0.1) is 0 Å². The Labute approximate surface area is 103 Å². The Kier molecular flexibility index (Phi) is 3.14. The second-order valence-corrected chi connectivity index (χ2v) is 3.59. The molecule has 0 saturated heterocycles. The van der Waals surface area contributed by atoms with Gasteiger partial charge in [0, 0.05) is 0 Å². The Morgan fingerprint density at radius 2 is 1.72 bits per heavy atom. The zero-order valence-corrected chi connectivity index (χ0v) is 9.54. The van der Waals surface area contributed by atoms with Crippen LogP contribution in [0.5, 0.6) is 5.75 Å². The molecule has 5 heteroatoms. The van der Waals surface area contributed by atoms with Gasteiger partial charge in [-0.25, -0.2) is 9.59 Å². The third-order valence-electron chi connectivity index (χ3n) is 2.43. The fraction of sp³-hybridized carbons (Fsp3) is 0.0769. The van der Waals surface area contributed by atoms with E-state index in [1.165, 1.54) is 13.2 Å². The molecule has 18 heavy (non-hydrogen) atoms. The first kappa shape index (κ1) is 11.9. The Balaban J connectivity index is 2.38. The van der Waals surface area contributed by atoms with Gasteiger partial charge in [-0.15, -0.1) is 0 Å². The van der Waals surface area contributed by atoms with Crippen LogP contribution >= 0.6 is 0 Å². The van der Waals surface area contributed by atoms with Gasteiger partial charge < -0.3 is 14.6 Å². The van der Waals surface area contributed by atoms with Gasteiger partial charge in [-0.3, -0.25) is 0 Å². The summed E-state index contributed by atoms with van der Waals surface area (Å²) in [5, 5.41) is 10.4. The lowest BCUT2D eigenvalue weighted by molar-refractivity contribution is 0.0697. The average Bonchev–Trinajstić information content (AvgIpc) is 2.37. The standard InChI is InChI=1S/C13H10O5/c1-17-13(16)18-11-5-4-8-6-10(12(14)15)3-2-9(8)7-11/h2-7H,1H3,(H,14,15). The van der Waals surface area contributed by atoms with E-state index in [2.05, 4.69) is 4.74 Å². The van der Waals surface area contributed by atoms with Crippen molar-refractivity contribution in [1.82, 2.24) is 0 Å². The van der Waals surface area contributed by atoms with Gasteiger partial charge in [0.2, 0.25) is 0 Å². The summed E-state index contributed by atoms with van der Waals surface area (Å²) in [6.07, 6.45) is -0.795. The number of aromatic carboxylic acids is 1. The summed E-state index contributed by atoms with van der Waals surface area (Å²) in [7, 11) is 1.22. The molecule has 0 atom stereocenters. The van der Waals surface area contributed by atoms with Crippen LogP contribution in [-0.4, -0.2) is 24.3 Å². The highest BCUT2D eigenvalue weighted by Crippen LogP contribution is 2.22. The molecule has 0 saturated carbocycles. The molecule has 0 radical (unpaired) electrons. The molecule has 0 aliphatic heterocycles. The minimum absolute atomic E-state index is 0.212. The van der Waals surface area contributed by atoms with E-state index in [-0.39, 0.29) is 5.56 Å². The average molecular weight is 246 g/mol. The van der Waals surface area contributed by atoms with Crippen LogP contribution in [0.4, 0.5) is 4.79 Å². The Morgan fingerprint density at radius 1 is 1.06 bits per heavy atom. The number of benzene rings is 2. The zero-order chi connectivity index (χ0) is 13.1. The van der Waals surface area contributed by atoms with E-state index in [4.69, 9.17) is 9.84 Å². The van der Waals surface area contributed by atoms with E-state index in [9.17, 15) is 9.59 Å². The van der Waals surface area contributed by atoms with Crippen molar-refractivity contribution in [2.45, 2.75) is 0 Å². The maximum absolute atomic E-state index is 10.9. The van der Waals surface area contributed by atoms with E-state index < -0.39 is 12.1 Å². The van der Waals surface area contributed by atoms with Gasteiger partial charge in [-0.05, 0) is 35.0 Å². The molecule has 2 rings (SSSR count).